The van der Waals surface area contributed by atoms with Crippen LogP contribution in [-0.4, -0.2) is 14.2 Å². The largest absolute Gasteiger partial charge is 0.493 e. The lowest BCUT2D eigenvalue weighted by atomic mass is 10.1. The summed E-state index contributed by atoms with van der Waals surface area (Å²) in [6.45, 7) is 0.486. The molecule has 0 saturated carbocycles. The first kappa shape index (κ1) is 14.0. The standard InChI is InChI=1S/C15H16N2O3/c1-18-14-6-5-11(8-15(14)19-2)13(9-16)17-10-12-4-3-7-20-12/h3-8,13,17H,10H2,1-2H3. The van der Waals surface area contributed by atoms with E-state index < -0.39 is 6.04 Å². The topological polar surface area (TPSA) is 67.4 Å². The molecule has 0 saturated heterocycles. The van der Waals surface area contributed by atoms with Gasteiger partial charge >= 0.3 is 0 Å². The van der Waals surface area contributed by atoms with Crippen LogP contribution in [0.2, 0.25) is 0 Å². The summed E-state index contributed by atoms with van der Waals surface area (Å²) in [7, 11) is 3.15. The summed E-state index contributed by atoms with van der Waals surface area (Å²) in [5.41, 5.74) is 0.816. The maximum absolute atomic E-state index is 9.28. The summed E-state index contributed by atoms with van der Waals surface area (Å²) in [4.78, 5) is 0. The molecule has 1 unspecified atom stereocenters. The van der Waals surface area contributed by atoms with Crippen LogP contribution < -0.4 is 14.8 Å². The zero-order valence-corrected chi connectivity index (χ0v) is 11.4. The van der Waals surface area contributed by atoms with E-state index in [-0.39, 0.29) is 0 Å². The van der Waals surface area contributed by atoms with Crippen LogP contribution >= 0.6 is 0 Å². The monoisotopic (exact) mass is 272 g/mol. The van der Waals surface area contributed by atoms with Gasteiger partial charge < -0.3 is 13.9 Å². The fourth-order valence-electron chi connectivity index (χ4n) is 1.89. The van der Waals surface area contributed by atoms with E-state index in [9.17, 15) is 5.26 Å². The van der Waals surface area contributed by atoms with E-state index in [2.05, 4.69) is 11.4 Å². The van der Waals surface area contributed by atoms with Gasteiger partial charge in [-0.25, -0.2) is 0 Å². The van der Waals surface area contributed by atoms with Crippen LogP contribution in [0.15, 0.2) is 41.0 Å². The van der Waals surface area contributed by atoms with Gasteiger partial charge in [-0.05, 0) is 29.8 Å². The second kappa shape index (κ2) is 6.64. The third-order valence-electron chi connectivity index (χ3n) is 2.93. The number of nitrogens with one attached hydrogen (secondary N) is 1. The fourth-order valence-corrected chi connectivity index (χ4v) is 1.89. The molecule has 1 atom stereocenters. The van der Waals surface area contributed by atoms with Crippen molar-refractivity contribution in [2.24, 2.45) is 0 Å². The molecule has 0 bridgehead atoms. The number of hydrogen-bond donors (Lipinski definition) is 1. The number of methoxy groups -OCH3 is 2. The molecule has 104 valence electrons. The van der Waals surface area contributed by atoms with Crippen LogP contribution in [-0.2, 0) is 6.54 Å². The third-order valence-corrected chi connectivity index (χ3v) is 2.93. The molecule has 0 radical (unpaired) electrons. The first-order valence-corrected chi connectivity index (χ1v) is 6.15. The molecule has 1 N–H and O–H groups in total. The highest BCUT2D eigenvalue weighted by Gasteiger charge is 2.13. The van der Waals surface area contributed by atoms with E-state index in [1.54, 1.807) is 32.6 Å². The summed E-state index contributed by atoms with van der Waals surface area (Å²) in [6.07, 6.45) is 1.61. The predicted octanol–water partition coefficient (Wildman–Crippen LogP) is 2.65. The summed E-state index contributed by atoms with van der Waals surface area (Å²) < 4.78 is 15.7. The zero-order valence-electron chi connectivity index (χ0n) is 11.4. The Bertz CT molecular complexity index is 588. The summed E-state index contributed by atoms with van der Waals surface area (Å²) in [5, 5.41) is 12.4. The van der Waals surface area contributed by atoms with Crippen molar-refractivity contribution in [2.45, 2.75) is 12.6 Å². The Morgan fingerprint density at radius 2 is 2.05 bits per heavy atom. The highest BCUT2D eigenvalue weighted by Crippen LogP contribution is 2.29. The van der Waals surface area contributed by atoms with E-state index in [1.807, 2.05) is 18.2 Å². The summed E-state index contributed by atoms with van der Waals surface area (Å²) in [5.74, 6) is 2.02. The SMILES string of the molecule is COc1ccc(C(C#N)NCc2ccco2)cc1OC. The van der Waals surface area contributed by atoms with Gasteiger partial charge in [0.05, 0.1) is 33.1 Å². The lowest BCUT2D eigenvalue weighted by molar-refractivity contribution is 0.354. The maximum Gasteiger partial charge on any atom is 0.161 e. The number of furan rings is 1. The van der Waals surface area contributed by atoms with Gasteiger partial charge in [-0.2, -0.15) is 5.26 Å². The molecular weight excluding hydrogens is 256 g/mol. The molecule has 0 aliphatic rings. The van der Waals surface area contributed by atoms with Crippen molar-refractivity contribution in [1.29, 1.82) is 5.26 Å². The lowest BCUT2D eigenvalue weighted by Crippen LogP contribution is -2.19. The normalized spacial score (nSPS) is 11.7. The van der Waals surface area contributed by atoms with E-state index in [0.717, 1.165) is 11.3 Å². The van der Waals surface area contributed by atoms with Crippen molar-refractivity contribution in [3.05, 3.63) is 47.9 Å². The molecule has 0 aliphatic carbocycles. The van der Waals surface area contributed by atoms with E-state index in [0.29, 0.717) is 18.0 Å². The highest BCUT2D eigenvalue weighted by molar-refractivity contribution is 5.44. The molecule has 1 aromatic carbocycles. The van der Waals surface area contributed by atoms with Gasteiger partial charge in [-0.3, -0.25) is 5.32 Å². The molecule has 2 aromatic rings. The Morgan fingerprint density at radius 1 is 1.25 bits per heavy atom. The molecule has 1 aromatic heterocycles. The number of nitriles is 1. The van der Waals surface area contributed by atoms with E-state index >= 15 is 0 Å². The third kappa shape index (κ3) is 3.11. The van der Waals surface area contributed by atoms with Gasteiger partial charge in [0, 0.05) is 0 Å². The van der Waals surface area contributed by atoms with Crippen molar-refractivity contribution < 1.29 is 13.9 Å². The van der Waals surface area contributed by atoms with Gasteiger partial charge in [0.25, 0.3) is 0 Å². The smallest absolute Gasteiger partial charge is 0.161 e. The summed E-state index contributed by atoms with van der Waals surface area (Å²) in [6, 6.07) is 10.9. The Hall–Kier alpha value is -2.45. The highest BCUT2D eigenvalue weighted by atomic mass is 16.5. The predicted molar refractivity (Wildman–Crippen MR) is 73.4 cm³/mol. The Balaban J connectivity index is 2.13. The molecule has 0 amide bonds. The van der Waals surface area contributed by atoms with E-state index in [1.165, 1.54) is 0 Å². The minimum absolute atomic E-state index is 0.445. The lowest BCUT2D eigenvalue weighted by Gasteiger charge is -2.14. The van der Waals surface area contributed by atoms with Gasteiger partial charge in [-0.15, -0.1) is 0 Å². The first-order chi connectivity index (χ1) is 9.78. The molecule has 5 heteroatoms. The molecule has 0 fully saturated rings. The van der Waals surface area contributed by atoms with Crippen molar-refractivity contribution >= 4 is 0 Å². The Labute approximate surface area is 117 Å². The van der Waals surface area contributed by atoms with Crippen LogP contribution in [0.25, 0.3) is 0 Å². The molecule has 1 heterocycles. The number of ether oxygens (including phenoxy) is 2. The molecule has 5 nitrogen and oxygen atoms in total. The molecular formula is C15H16N2O3. The van der Waals surface area contributed by atoms with Crippen molar-refractivity contribution in [1.82, 2.24) is 5.32 Å². The second-order valence-electron chi connectivity index (χ2n) is 4.14. The number of benzene rings is 1. The van der Waals surface area contributed by atoms with Crippen LogP contribution in [0.5, 0.6) is 11.5 Å². The number of nitrogens with zero attached hydrogens (tertiary/aromatic N) is 1. The van der Waals surface area contributed by atoms with Gasteiger partial charge in [0.2, 0.25) is 0 Å². The summed E-state index contributed by atoms with van der Waals surface area (Å²) >= 11 is 0. The Kier molecular flexibility index (Phi) is 4.64. The molecule has 0 aliphatic heterocycles. The van der Waals surface area contributed by atoms with Crippen LogP contribution in [0.1, 0.15) is 17.4 Å². The Morgan fingerprint density at radius 3 is 2.65 bits per heavy atom. The molecule has 0 spiro atoms. The van der Waals surface area contributed by atoms with Crippen LogP contribution in [0.3, 0.4) is 0 Å². The first-order valence-electron chi connectivity index (χ1n) is 6.15. The minimum Gasteiger partial charge on any atom is -0.493 e. The number of hydrogen-bond acceptors (Lipinski definition) is 5. The average molecular weight is 272 g/mol. The zero-order chi connectivity index (χ0) is 14.4. The van der Waals surface area contributed by atoms with Gasteiger partial charge in [0.1, 0.15) is 11.8 Å². The van der Waals surface area contributed by atoms with Crippen molar-refractivity contribution in [3.8, 4) is 17.6 Å². The van der Waals surface area contributed by atoms with Crippen LogP contribution in [0, 0.1) is 11.3 Å². The molecule has 20 heavy (non-hydrogen) atoms. The van der Waals surface area contributed by atoms with Crippen molar-refractivity contribution in [2.75, 3.05) is 14.2 Å². The average Bonchev–Trinajstić information content (AvgIpc) is 3.01. The second-order valence-corrected chi connectivity index (χ2v) is 4.14. The minimum atomic E-state index is -0.445. The van der Waals surface area contributed by atoms with Crippen molar-refractivity contribution in [3.63, 3.8) is 0 Å². The molecule has 2 rings (SSSR count). The van der Waals surface area contributed by atoms with Gasteiger partial charge in [-0.1, -0.05) is 6.07 Å². The van der Waals surface area contributed by atoms with Crippen LogP contribution in [0.4, 0.5) is 0 Å². The number of rotatable bonds is 6. The quantitative estimate of drug-likeness (QED) is 0.875. The van der Waals surface area contributed by atoms with E-state index in [4.69, 9.17) is 13.9 Å². The fraction of sp³-hybridized carbons (Fsp3) is 0.267. The van der Waals surface area contributed by atoms with Gasteiger partial charge in [0.15, 0.2) is 11.5 Å². The maximum atomic E-state index is 9.28.